The Labute approximate surface area is 150 Å². The second kappa shape index (κ2) is 9.86. The van der Waals surface area contributed by atoms with E-state index >= 15 is 0 Å². The molecule has 0 bridgehead atoms. The molecule has 0 aliphatic carbocycles. The molecule has 0 unspecified atom stereocenters. The third-order valence-corrected chi connectivity index (χ3v) is 3.33. The molecule has 0 spiro atoms. The monoisotopic (exact) mass is 369 g/mol. The first-order valence-electron chi connectivity index (χ1n) is 8.23. The first-order chi connectivity index (χ1) is 12.5. The highest BCUT2D eigenvalue weighted by atomic mass is 19.4. The van der Waals surface area contributed by atoms with Crippen molar-refractivity contribution in [2.75, 3.05) is 13.2 Å². The number of rotatable bonds is 8. The number of ether oxygens (including phenoxy) is 1. The van der Waals surface area contributed by atoms with Gasteiger partial charge >= 0.3 is 6.18 Å². The lowest BCUT2D eigenvalue weighted by molar-refractivity contribution is -0.176. The van der Waals surface area contributed by atoms with Crippen molar-refractivity contribution in [2.45, 2.75) is 32.8 Å². The highest BCUT2D eigenvalue weighted by molar-refractivity contribution is 5.79. The van der Waals surface area contributed by atoms with Gasteiger partial charge in [-0.25, -0.2) is 4.99 Å². The van der Waals surface area contributed by atoms with E-state index in [1.807, 2.05) is 31.2 Å². The minimum absolute atomic E-state index is 0.0730. The normalized spacial score (nSPS) is 12.2. The smallest absolute Gasteiger partial charge is 0.411 e. The number of alkyl halides is 3. The molecular weight excluding hydrogens is 347 g/mol. The molecule has 2 aromatic rings. The summed E-state index contributed by atoms with van der Waals surface area (Å²) in [7, 11) is 0. The Morgan fingerprint density at radius 2 is 1.85 bits per heavy atom. The number of hydrogen-bond donors (Lipinski definition) is 2. The van der Waals surface area contributed by atoms with E-state index < -0.39 is 12.8 Å². The van der Waals surface area contributed by atoms with Crippen LogP contribution in [0.25, 0.3) is 0 Å². The lowest BCUT2D eigenvalue weighted by atomic mass is 10.1. The first-order valence-corrected chi connectivity index (χ1v) is 8.23. The second-order valence-corrected chi connectivity index (χ2v) is 5.55. The maximum absolute atomic E-state index is 12.1. The predicted molar refractivity (Wildman–Crippen MR) is 92.5 cm³/mol. The van der Waals surface area contributed by atoms with Crippen molar-refractivity contribution in [2.24, 2.45) is 4.99 Å². The standard InChI is InChI=1S/C18H22F3N3O2/c1-2-22-17(24-11-16-4-3-9-26-16)23-10-14-5-7-15(8-6-14)12-25-13-18(19,20)21/h3-9H,2,10-13H2,1H3,(H2,22,23,24). The van der Waals surface area contributed by atoms with Gasteiger partial charge in [-0.1, -0.05) is 24.3 Å². The molecule has 0 radical (unpaired) electrons. The summed E-state index contributed by atoms with van der Waals surface area (Å²) >= 11 is 0. The molecule has 0 saturated carbocycles. The Morgan fingerprint density at radius 1 is 1.12 bits per heavy atom. The molecule has 1 heterocycles. The average molecular weight is 369 g/mol. The van der Waals surface area contributed by atoms with Crippen LogP contribution in [0, 0.1) is 0 Å². The van der Waals surface area contributed by atoms with Gasteiger partial charge in [-0.2, -0.15) is 13.2 Å². The van der Waals surface area contributed by atoms with Gasteiger partial charge in [0.25, 0.3) is 0 Å². The van der Waals surface area contributed by atoms with Crippen molar-refractivity contribution in [3.05, 3.63) is 59.5 Å². The van der Waals surface area contributed by atoms with Gasteiger partial charge in [0.05, 0.1) is 26.0 Å². The van der Waals surface area contributed by atoms with Crippen LogP contribution in [0.15, 0.2) is 52.1 Å². The van der Waals surface area contributed by atoms with Crippen molar-refractivity contribution in [3.8, 4) is 0 Å². The number of benzene rings is 1. The van der Waals surface area contributed by atoms with E-state index in [1.54, 1.807) is 18.4 Å². The van der Waals surface area contributed by atoms with Crippen LogP contribution < -0.4 is 10.6 Å². The van der Waals surface area contributed by atoms with Crippen LogP contribution in [0.5, 0.6) is 0 Å². The highest BCUT2D eigenvalue weighted by Gasteiger charge is 2.27. The van der Waals surface area contributed by atoms with E-state index in [4.69, 9.17) is 4.42 Å². The maximum atomic E-state index is 12.1. The molecule has 0 saturated heterocycles. The average Bonchev–Trinajstić information content (AvgIpc) is 3.11. The summed E-state index contributed by atoms with van der Waals surface area (Å²) in [6, 6.07) is 10.8. The lowest BCUT2D eigenvalue weighted by Gasteiger charge is -2.10. The number of hydrogen-bond acceptors (Lipinski definition) is 3. The lowest BCUT2D eigenvalue weighted by Crippen LogP contribution is -2.36. The van der Waals surface area contributed by atoms with Gasteiger partial charge in [0.1, 0.15) is 12.4 Å². The Hall–Kier alpha value is -2.48. The van der Waals surface area contributed by atoms with Gasteiger partial charge < -0.3 is 19.8 Å². The van der Waals surface area contributed by atoms with E-state index in [2.05, 4.69) is 20.4 Å². The van der Waals surface area contributed by atoms with Crippen molar-refractivity contribution in [3.63, 3.8) is 0 Å². The SMILES string of the molecule is CCNC(=NCc1ccc(COCC(F)(F)F)cc1)NCc1ccco1. The highest BCUT2D eigenvalue weighted by Crippen LogP contribution is 2.16. The fourth-order valence-corrected chi connectivity index (χ4v) is 2.12. The van der Waals surface area contributed by atoms with E-state index in [9.17, 15) is 13.2 Å². The molecule has 1 aromatic heterocycles. The Balaban J connectivity index is 1.83. The zero-order valence-electron chi connectivity index (χ0n) is 14.5. The number of nitrogens with one attached hydrogen (secondary N) is 2. The topological polar surface area (TPSA) is 58.8 Å². The molecule has 142 valence electrons. The molecule has 0 atom stereocenters. The minimum atomic E-state index is -4.31. The Morgan fingerprint density at radius 3 is 2.46 bits per heavy atom. The molecule has 26 heavy (non-hydrogen) atoms. The molecule has 2 N–H and O–H groups in total. The Kier molecular flexibility index (Phi) is 7.53. The number of furan rings is 1. The predicted octanol–water partition coefficient (Wildman–Crippen LogP) is 3.61. The van der Waals surface area contributed by atoms with Crippen LogP contribution in [0.1, 0.15) is 23.8 Å². The summed E-state index contributed by atoms with van der Waals surface area (Å²) in [5.74, 6) is 1.46. The molecular formula is C18H22F3N3O2. The van der Waals surface area contributed by atoms with Gasteiger partial charge in [-0.15, -0.1) is 0 Å². The van der Waals surface area contributed by atoms with Crippen molar-refractivity contribution >= 4 is 5.96 Å². The number of halogens is 3. The molecule has 0 aliphatic heterocycles. The molecule has 0 fully saturated rings. The van der Waals surface area contributed by atoms with Crippen molar-refractivity contribution in [1.82, 2.24) is 10.6 Å². The zero-order valence-corrected chi connectivity index (χ0v) is 14.5. The molecule has 1 aromatic carbocycles. The summed E-state index contributed by atoms with van der Waals surface area (Å²) in [4.78, 5) is 4.48. The Bertz CT molecular complexity index is 668. The van der Waals surface area contributed by atoms with Crippen molar-refractivity contribution < 1.29 is 22.3 Å². The van der Waals surface area contributed by atoms with Gasteiger partial charge in [0.15, 0.2) is 5.96 Å². The first kappa shape index (κ1) is 19.8. The fourth-order valence-electron chi connectivity index (χ4n) is 2.12. The number of guanidine groups is 1. The summed E-state index contributed by atoms with van der Waals surface area (Å²) in [5.41, 5.74) is 1.63. The van der Waals surface area contributed by atoms with Gasteiger partial charge in [0.2, 0.25) is 0 Å². The van der Waals surface area contributed by atoms with Crippen molar-refractivity contribution in [1.29, 1.82) is 0 Å². The summed E-state index contributed by atoms with van der Waals surface area (Å²) in [6.07, 6.45) is -2.69. The van der Waals surface area contributed by atoms with E-state index in [-0.39, 0.29) is 6.61 Å². The van der Waals surface area contributed by atoms with Crippen LogP contribution in [-0.4, -0.2) is 25.3 Å². The zero-order chi connectivity index (χ0) is 18.8. The molecule has 5 nitrogen and oxygen atoms in total. The van der Waals surface area contributed by atoms with E-state index in [0.29, 0.717) is 24.6 Å². The summed E-state index contributed by atoms with van der Waals surface area (Å²) in [5, 5.41) is 6.30. The summed E-state index contributed by atoms with van der Waals surface area (Å²) in [6.45, 7) is 2.34. The van der Waals surface area contributed by atoms with E-state index in [0.717, 1.165) is 17.9 Å². The third kappa shape index (κ3) is 7.60. The second-order valence-electron chi connectivity index (χ2n) is 5.55. The van der Waals surface area contributed by atoms with Crippen LogP contribution in [0.3, 0.4) is 0 Å². The molecule has 0 amide bonds. The van der Waals surface area contributed by atoms with E-state index in [1.165, 1.54) is 0 Å². The largest absolute Gasteiger partial charge is 0.467 e. The number of nitrogens with zero attached hydrogens (tertiary/aromatic N) is 1. The molecule has 8 heteroatoms. The van der Waals surface area contributed by atoms with Crippen LogP contribution in [0.4, 0.5) is 13.2 Å². The summed E-state index contributed by atoms with van der Waals surface area (Å²) < 4.78 is 46.1. The molecule has 0 aliphatic rings. The number of aliphatic imine (C=N–C) groups is 1. The van der Waals surface area contributed by atoms with Crippen LogP contribution in [0.2, 0.25) is 0 Å². The third-order valence-electron chi connectivity index (χ3n) is 3.33. The van der Waals surface area contributed by atoms with Gasteiger partial charge in [-0.05, 0) is 30.2 Å². The minimum Gasteiger partial charge on any atom is -0.467 e. The fraction of sp³-hybridized carbons (Fsp3) is 0.389. The van der Waals surface area contributed by atoms with Gasteiger partial charge in [-0.3, -0.25) is 0 Å². The van der Waals surface area contributed by atoms with Crippen LogP contribution >= 0.6 is 0 Å². The molecule has 2 rings (SSSR count). The van der Waals surface area contributed by atoms with Crippen LogP contribution in [-0.2, 0) is 24.4 Å². The quantitative estimate of drug-likeness (QED) is 0.551. The van der Waals surface area contributed by atoms with Gasteiger partial charge in [0, 0.05) is 6.54 Å². The maximum Gasteiger partial charge on any atom is 0.411 e.